The number of benzene rings is 1. The molecule has 0 unspecified atom stereocenters. The van der Waals surface area contributed by atoms with Crippen molar-refractivity contribution in [1.82, 2.24) is 0 Å². The summed E-state index contributed by atoms with van der Waals surface area (Å²) in [7, 11) is 0. The third kappa shape index (κ3) is 7.49. The van der Waals surface area contributed by atoms with Crippen LogP contribution in [-0.2, 0) is 19.1 Å². The van der Waals surface area contributed by atoms with Crippen LogP contribution in [0, 0.1) is 0 Å². The summed E-state index contributed by atoms with van der Waals surface area (Å²) in [5.74, 6) is 0.384. The third-order valence-electron chi connectivity index (χ3n) is 2.69. The van der Waals surface area contributed by atoms with Gasteiger partial charge in [0, 0.05) is 11.1 Å². The van der Waals surface area contributed by atoms with E-state index in [4.69, 9.17) is 18.9 Å². The van der Waals surface area contributed by atoms with Gasteiger partial charge in [0.15, 0.2) is 0 Å². The topological polar surface area (TPSA) is 71.1 Å². The molecular weight excluding hydrogens is 312 g/mol. The second-order valence-electron chi connectivity index (χ2n) is 5.00. The smallest absolute Gasteiger partial charge is 0.333 e. The molecule has 0 bridgehead atoms. The lowest BCUT2D eigenvalue weighted by atomic mass is 10.3. The molecule has 0 aliphatic heterocycles. The number of carbonyl (C=O) groups excluding carboxylic acids is 2. The monoisotopic (exact) mass is 334 g/mol. The Hall–Kier alpha value is -2.76. The van der Waals surface area contributed by atoms with Gasteiger partial charge in [-0.1, -0.05) is 13.2 Å². The number of esters is 2. The predicted molar refractivity (Wildman–Crippen MR) is 89.0 cm³/mol. The van der Waals surface area contributed by atoms with Gasteiger partial charge < -0.3 is 18.9 Å². The summed E-state index contributed by atoms with van der Waals surface area (Å²) < 4.78 is 20.7. The minimum Gasteiger partial charge on any atom is -0.490 e. The number of carbonyl (C=O) groups is 2. The summed E-state index contributed by atoms with van der Waals surface area (Å²) in [6, 6.07) is 6.93. The zero-order valence-corrected chi connectivity index (χ0v) is 14.0. The first-order valence-electron chi connectivity index (χ1n) is 7.41. The minimum atomic E-state index is -0.435. The number of hydrogen-bond acceptors (Lipinski definition) is 6. The maximum Gasteiger partial charge on any atom is 0.333 e. The van der Waals surface area contributed by atoms with Crippen LogP contribution >= 0.6 is 0 Å². The highest BCUT2D eigenvalue weighted by Crippen LogP contribution is 2.17. The van der Waals surface area contributed by atoms with Gasteiger partial charge in [-0.3, -0.25) is 0 Å². The first-order chi connectivity index (χ1) is 11.4. The summed E-state index contributed by atoms with van der Waals surface area (Å²) in [6.45, 7) is 10.9. The Labute approximate surface area is 141 Å². The van der Waals surface area contributed by atoms with E-state index in [1.54, 1.807) is 38.1 Å². The van der Waals surface area contributed by atoms with Crippen LogP contribution in [0.3, 0.4) is 0 Å². The fourth-order valence-corrected chi connectivity index (χ4v) is 1.47. The molecule has 0 radical (unpaired) electrons. The number of hydrogen-bond donors (Lipinski definition) is 0. The van der Waals surface area contributed by atoms with Crippen molar-refractivity contribution in [3.63, 3.8) is 0 Å². The van der Waals surface area contributed by atoms with E-state index >= 15 is 0 Å². The van der Waals surface area contributed by atoms with E-state index in [1.165, 1.54) is 0 Å². The van der Waals surface area contributed by atoms with E-state index in [1.807, 2.05) is 0 Å². The Morgan fingerprint density at radius 3 is 1.38 bits per heavy atom. The molecule has 0 amide bonds. The minimum absolute atomic E-state index is 0.151. The molecule has 0 fully saturated rings. The Kier molecular flexibility index (Phi) is 8.11. The standard InChI is InChI=1S/C18H22O6/c1-13(2)17(19)23-11-9-21-15-5-7-16(8-6-15)22-10-12-24-18(20)14(3)4/h5-8H,1,3,9-12H2,2,4H3. The van der Waals surface area contributed by atoms with E-state index in [0.717, 1.165) is 0 Å². The van der Waals surface area contributed by atoms with Crippen molar-refractivity contribution in [2.45, 2.75) is 13.8 Å². The SMILES string of the molecule is C=C(C)C(=O)OCCOc1ccc(OCCOC(=O)C(=C)C)cc1. The molecule has 0 heterocycles. The molecule has 6 nitrogen and oxygen atoms in total. The molecule has 24 heavy (non-hydrogen) atoms. The predicted octanol–water partition coefficient (Wildman–Crippen LogP) is 2.68. The van der Waals surface area contributed by atoms with Gasteiger partial charge in [-0.25, -0.2) is 9.59 Å². The van der Waals surface area contributed by atoms with Gasteiger partial charge in [0.2, 0.25) is 0 Å². The van der Waals surface area contributed by atoms with E-state index in [-0.39, 0.29) is 26.4 Å². The van der Waals surface area contributed by atoms with Gasteiger partial charge in [0.05, 0.1) is 0 Å². The third-order valence-corrected chi connectivity index (χ3v) is 2.69. The second kappa shape index (κ2) is 10.1. The van der Waals surface area contributed by atoms with Gasteiger partial charge in [0.25, 0.3) is 0 Å². The van der Waals surface area contributed by atoms with Crippen LogP contribution in [0.15, 0.2) is 48.6 Å². The van der Waals surface area contributed by atoms with Gasteiger partial charge in [-0.2, -0.15) is 0 Å². The van der Waals surface area contributed by atoms with Gasteiger partial charge >= 0.3 is 11.9 Å². The van der Waals surface area contributed by atoms with Crippen molar-refractivity contribution >= 4 is 11.9 Å². The number of ether oxygens (including phenoxy) is 4. The molecule has 0 atom stereocenters. The van der Waals surface area contributed by atoms with E-state index < -0.39 is 11.9 Å². The van der Waals surface area contributed by atoms with Crippen LogP contribution in [0.2, 0.25) is 0 Å². The lowest BCUT2D eigenvalue weighted by Gasteiger charge is -2.09. The van der Waals surface area contributed by atoms with Crippen molar-refractivity contribution < 1.29 is 28.5 Å². The molecule has 6 heteroatoms. The van der Waals surface area contributed by atoms with Gasteiger partial charge in [0.1, 0.15) is 37.9 Å². The van der Waals surface area contributed by atoms with Crippen LogP contribution in [0.4, 0.5) is 0 Å². The molecule has 1 aromatic rings. The lowest BCUT2D eigenvalue weighted by Crippen LogP contribution is -2.13. The van der Waals surface area contributed by atoms with E-state index in [2.05, 4.69) is 13.2 Å². The zero-order valence-electron chi connectivity index (χ0n) is 14.0. The first kappa shape index (κ1) is 19.3. The lowest BCUT2D eigenvalue weighted by molar-refractivity contribution is -0.140. The highest BCUT2D eigenvalue weighted by molar-refractivity contribution is 5.87. The maximum atomic E-state index is 11.2. The van der Waals surface area contributed by atoms with Crippen molar-refractivity contribution in [2.24, 2.45) is 0 Å². The molecule has 1 aromatic carbocycles. The van der Waals surface area contributed by atoms with Crippen LogP contribution in [0.1, 0.15) is 13.8 Å². The molecule has 0 spiro atoms. The molecule has 130 valence electrons. The molecule has 0 saturated heterocycles. The molecular formula is C18H22O6. The molecule has 0 N–H and O–H groups in total. The molecule has 0 aliphatic rings. The highest BCUT2D eigenvalue weighted by atomic mass is 16.6. The second-order valence-corrected chi connectivity index (χ2v) is 5.00. The molecule has 1 rings (SSSR count). The average Bonchev–Trinajstić information content (AvgIpc) is 2.56. The quantitative estimate of drug-likeness (QED) is 0.372. The Balaban J connectivity index is 2.23. The maximum absolute atomic E-state index is 11.2. The normalized spacial score (nSPS) is 9.75. The summed E-state index contributed by atoms with van der Waals surface area (Å²) in [5.41, 5.74) is 0.705. The van der Waals surface area contributed by atoms with Crippen molar-refractivity contribution in [1.29, 1.82) is 0 Å². The van der Waals surface area contributed by atoms with Crippen molar-refractivity contribution in [2.75, 3.05) is 26.4 Å². The summed E-state index contributed by atoms with van der Waals surface area (Å²) in [5, 5.41) is 0. The first-order valence-corrected chi connectivity index (χ1v) is 7.41. The van der Waals surface area contributed by atoms with Crippen molar-refractivity contribution in [3.05, 3.63) is 48.6 Å². The van der Waals surface area contributed by atoms with E-state index in [0.29, 0.717) is 22.6 Å². The van der Waals surface area contributed by atoms with Crippen LogP contribution in [0.25, 0.3) is 0 Å². The van der Waals surface area contributed by atoms with Crippen LogP contribution < -0.4 is 9.47 Å². The fourth-order valence-electron chi connectivity index (χ4n) is 1.47. The fraction of sp³-hybridized carbons (Fsp3) is 0.333. The summed E-state index contributed by atoms with van der Waals surface area (Å²) in [4.78, 5) is 22.3. The zero-order chi connectivity index (χ0) is 17.9. The van der Waals surface area contributed by atoms with Crippen LogP contribution in [0.5, 0.6) is 11.5 Å². The van der Waals surface area contributed by atoms with E-state index in [9.17, 15) is 9.59 Å². The summed E-state index contributed by atoms with van der Waals surface area (Å²) in [6.07, 6.45) is 0. The molecule has 0 saturated carbocycles. The highest BCUT2D eigenvalue weighted by Gasteiger charge is 2.04. The van der Waals surface area contributed by atoms with Crippen LogP contribution in [-0.4, -0.2) is 38.4 Å². The average molecular weight is 334 g/mol. The number of rotatable bonds is 10. The Bertz CT molecular complexity index is 535. The van der Waals surface area contributed by atoms with Gasteiger partial charge in [-0.15, -0.1) is 0 Å². The van der Waals surface area contributed by atoms with Crippen molar-refractivity contribution in [3.8, 4) is 11.5 Å². The summed E-state index contributed by atoms with van der Waals surface area (Å²) >= 11 is 0. The Morgan fingerprint density at radius 2 is 1.08 bits per heavy atom. The van der Waals surface area contributed by atoms with Gasteiger partial charge in [-0.05, 0) is 38.1 Å². The molecule has 0 aromatic heterocycles. The largest absolute Gasteiger partial charge is 0.490 e. The molecule has 0 aliphatic carbocycles. The Morgan fingerprint density at radius 1 is 0.750 bits per heavy atom.